The van der Waals surface area contributed by atoms with Crippen molar-refractivity contribution in [3.63, 3.8) is 0 Å². The van der Waals surface area contributed by atoms with E-state index < -0.39 is 6.10 Å². The first-order valence-electron chi connectivity index (χ1n) is 9.19. The summed E-state index contributed by atoms with van der Waals surface area (Å²) in [4.78, 5) is 0. The van der Waals surface area contributed by atoms with Crippen LogP contribution >= 0.6 is 0 Å². The first kappa shape index (κ1) is 20.3. The minimum absolute atomic E-state index is 0.0126. The zero-order chi connectivity index (χ0) is 19.4. The zero-order valence-electron chi connectivity index (χ0n) is 16.9. The highest BCUT2D eigenvalue weighted by molar-refractivity contribution is 5.45. The van der Waals surface area contributed by atoms with Gasteiger partial charge in [-0.3, -0.25) is 0 Å². The zero-order valence-corrected chi connectivity index (χ0v) is 16.9. The number of ether oxygens (including phenoxy) is 2. The molecule has 0 aromatic heterocycles. The Morgan fingerprint density at radius 1 is 0.846 bits per heavy atom. The molecule has 1 N–H and O–H groups in total. The Morgan fingerprint density at radius 2 is 1.50 bits per heavy atom. The number of aliphatic hydroxyl groups is 1. The molecule has 1 atom stereocenters. The Morgan fingerprint density at radius 3 is 2.08 bits per heavy atom. The molecule has 0 fully saturated rings. The third kappa shape index (κ3) is 5.77. The molecule has 0 radical (unpaired) electrons. The number of hydrogen-bond donors (Lipinski definition) is 1. The quantitative estimate of drug-likeness (QED) is 0.758. The van der Waals surface area contributed by atoms with Gasteiger partial charge >= 0.3 is 0 Å². The Balaban J connectivity index is 2.19. The van der Waals surface area contributed by atoms with Crippen LogP contribution in [0.25, 0.3) is 0 Å². The van der Waals surface area contributed by atoms with E-state index in [1.54, 1.807) is 0 Å². The van der Waals surface area contributed by atoms with Crippen molar-refractivity contribution in [1.82, 2.24) is 0 Å². The van der Waals surface area contributed by atoms with Crippen molar-refractivity contribution < 1.29 is 14.6 Å². The fourth-order valence-electron chi connectivity index (χ4n) is 2.36. The average Bonchev–Trinajstić information content (AvgIpc) is 2.57. The summed E-state index contributed by atoms with van der Waals surface area (Å²) in [5.74, 6) is 1.37. The summed E-state index contributed by atoms with van der Waals surface area (Å²) in [5.41, 5.74) is 2.06. The molecule has 0 aliphatic heterocycles. The smallest absolute Gasteiger partial charge is 0.161 e. The summed E-state index contributed by atoms with van der Waals surface area (Å²) in [7, 11) is 0. The van der Waals surface area contributed by atoms with Crippen LogP contribution in [0.4, 0.5) is 0 Å². The Hall–Kier alpha value is -2.00. The van der Waals surface area contributed by atoms with Gasteiger partial charge in [-0.1, -0.05) is 77.9 Å². The van der Waals surface area contributed by atoms with Crippen LogP contribution in [-0.4, -0.2) is 17.8 Å². The topological polar surface area (TPSA) is 38.7 Å². The van der Waals surface area contributed by atoms with Gasteiger partial charge in [0.15, 0.2) is 11.5 Å². The van der Waals surface area contributed by atoms with Crippen molar-refractivity contribution in [2.24, 2.45) is 5.41 Å². The summed E-state index contributed by atoms with van der Waals surface area (Å²) in [5, 5.41) is 10.3. The van der Waals surface area contributed by atoms with E-state index >= 15 is 0 Å². The minimum atomic E-state index is -0.553. The summed E-state index contributed by atoms with van der Waals surface area (Å²) in [6.07, 6.45) is -0.553. The van der Waals surface area contributed by atoms with Crippen molar-refractivity contribution in [3.05, 3.63) is 59.7 Å². The van der Waals surface area contributed by atoms with Gasteiger partial charge in [0.2, 0.25) is 0 Å². The monoisotopic (exact) mass is 356 g/mol. The Kier molecular flexibility index (Phi) is 6.35. The van der Waals surface area contributed by atoms with Crippen molar-refractivity contribution in [2.45, 2.75) is 59.7 Å². The Labute approximate surface area is 158 Å². The molecule has 0 saturated heterocycles. The van der Waals surface area contributed by atoms with Crippen LogP contribution < -0.4 is 9.47 Å². The second-order valence-corrected chi connectivity index (χ2v) is 8.88. The molecule has 2 aromatic carbocycles. The normalized spacial score (nSPS) is 13.3. The molecular weight excluding hydrogens is 324 g/mol. The lowest BCUT2D eigenvalue weighted by molar-refractivity contribution is 0.0208. The lowest BCUT2D eigenvalue weighted by atomic mass is 9.87. The van der Waals surface area contributed by atoms with Gasteiger partial charge in [0, 0.05) is 0 Å². The first-order chi connectivity index (χ1) is 12.1. The van der Waals surface area contributed by atoms with Crippen molar-refractivity contribution in [3.8, 4) is 11.5 Å². The van der Waals surface area contributed by atoms with Crippen LogP contribution in [0.15, 0.2) is 48.5 Å². The second-order valence-electron chi connectivity index (χ2n) is 8.88. The van der Waals surface area contributed by atoms with Gasteiger partial charge in [0.1, 0.15) is 13.2 Å². The molecule has 2 aromatic rings. The van der Waals surface area contributed by atoms with E-state index in [1.165, 1.54) is 5.56 Å². The molecule has 0 aliphatic carbocycles. The van der Waals surface area contributed by atoms with Gasteiger partial charge < -0.3 is 14.6 Å². The van der Waals surface area contributed by atoms with Gasteiger partial charge in [-0.2, -0.15) is 0 Å². The van der Waals surface area contributed by atoms with Gasteiger partial charge in [0.05, 0.1) is 6.10 Å². The van der Waals surface area contributed by atoms with E-state index in [4.69, 9.17) is 9.47 Å². The molecule has 0 heterocycles. The van der Waals surface area contributed by atoms with Gasteiger partial charge in [-0.15, -0.1) is 0 Å². The third-order valence-electron chi connectivity index (χ3n) is 4.44. The lowest BCUT2D eigenvalue weighted by Gasteiger charge is -2.27. The van der Waals surface area contributed by atoms with E-state index in [0.29, 0.717) is 18.1 Å². The minimum Gasteiger partial charge on any atom is -0.487 e. The maximum Gasteiger partial charge on any atom is 0.161 e. The maximum atomic E-state index is 10.3. The van der Waals surface area contributed by atoms with E-state index in [9.17, 15) is 5.11 Å². The third-order valence-corrected chi connectivity index (χ3v) is 4.44. The fourth-order valence-corrected chi connectivity index (χ4v) is 2.36. The molecule has 0 saturated carbocycles. The molecule has 3 heteroatoms. The molecule has 142 valence electrons. The van der Waals surface area contributed by atoms with Gasteiger partial charge in [-0.05, 0) is 34.1 Å². The van der Waals surface area contributed by atoms with E-state index in [1.807, 2.05) is 63.2 Å². The lowest BCUT2D eigenvalue weighted by Crippen LogP contribution is -2.32. The summed E-state index contributed by atoms with van der Waals surface area (Å²) < 4.78 is 12.0. The number of benzene rings is 2. The first-order valence-corrected chi connectivity index (χ1v) is 9.19. The average molecular weight is 357 g/mol. The summed E-state index contributed by atoms with van der Waals surface area (Å²) in [6, 6.07) is 16.1. The van der Waals surface area contributed by atoms with E-state index in [2.05, 4.69) is 26.8 Å². The highest BCUT2D eigenvalue weighted by atomic mass is 16.5. The predicted molar refractivity (Wildman–Crippen MR) is 107 cm³/mol. The molecule has 0 amide bonds. The molecule has 2 rings (SSSR count). The standard InChI is InChI=1S/C23H32O3/c1-22(2,3)18-12-13-19(25-15-17-10-8-7-9-11-17)20(14-18)26-16-21(24)23(4,5)6/h7-14,21,24H,15-16H2,1-6H3/t21-/m0/s1. The van der Waals surface area contributed by atoms with Crippen LogP contribution in [-0.2, 0) is 12.0 Å². The fraction of sp³-hybridized carbons (Fsp3) is 0.478. The van der Waals surface area contributed by atoms with Crippen LogP contribution in [0.5, 0.6) is 11.5 Å². The van der Waals surface area contributed by atoms with Crippen LogP contribution in [0.3, 0.4) is 0 Å². The number of aliphatic hydroxyl groups excluding tert-OH is 1. The summed E-state index contributed by atoms with van der Waals surface area (Å²) in [6.45, 7) is 13.2. The van der Waals surface area contributed by atoms with E-state index in [0.717, 1.165) is 5.56 Å². The van der Waals surface area contributed by atoms with E-state index in [-0.39, 0.29) is 17.4 Å². The molecule has 26 heavy (non-hydrogen) atoms. The summed E-state index contributed by atoms with van der Waals surface area (Å²) >= 11 is 0. The largest absolute Gasteiger partial charge is 0.487 e. The Bertz CT molecular complexity index is 694. The number of rotatable bonds is 6. The van der Waals surface area contributed by atoms with Gasteiger partial charge in [-0.25, -0.2) is 0 Å². The maximum absolute atomic E-state index is 10.3. The van der Waals surface area contributed by atoms with Crippen LogP contribution in [0.1, 0.15) is 52.7 Å². The highest BCUT2D eigenvalue weighted by Crippen LogP contribution is 2.34. The molecule has 0 spiro atoms. The molecule has 0 unspecified atom stereocenters. The van der Waals surface area contributed by atoms with Gasteiger partial charge in [0.25, 0.3) is 0 Å². The molecular formula is C23H32O3. The van der Waals surface area contributed by atoms with Crippen LogP contribution in [0.2, 0.25) is 0 Å². The molecule has 3 nitrogen and oxygen atoms in total. The SMILES string of the molecule is CC(C)(C)c1ccc(OCc2ccccc2)c(OC[C@H](O)C(C)(C)C)c1. The highest BCUT2D eigenvalue weighted by Gasteiger charge is 2.24. The van der Waals surface area contributed by atoms with Crippen LogP contribution in [0, 0.1) is 5.41 Å². The molecule has 0 bridgehead atoms. The van der Waals surface area contributed by atoms with Crippen molar-refractivity contribution in [2.75, 3.05) is 6.61 Å². The van der Waals surface area contributed by atoms with Crippen molar-refractivity contribution >= 4 is 0 Å². The second kappa shape index (κ2) is 8.13. The predicted octanol–water partition coefficient (Wildman–Crippen LogP) is 5.35. The number of hydrogen-bond acceptors (Lipinski definition) is 3. The molecule has 0 aliphatic rings. The van der Waals surface area contributed by atoms with Crippen molar-refractivity contribution in [1.29, 1.82) is 0 Å².